The van der Waals surface area contributed by atoms with Crippen molar-refractivity contribution in [2.75, 3.05) is 20.3 Å². The van der Waals surface area contributed by atoms with Crippen molar-refractivity contribution in [2.24, 2.45) is 5.92 Å². The van der Waals surface area contributed by atoms with Gasteiger partial charge in [0.05, 0.1) is 13.7 Å². The van der Waals surface area contributed by atoms with E-state index in [1.165, 1.54) is 0 Å². The van der Waals surface area contributed by atoms with Crippen LogP contribution in [-0.2, 0) is 6.54 Å². The molecule has 0 bridgehead atoms. The maximum atomic E-state index is 9.08. The van der Waals surface area contributed by atoms with Crippen LogP contribution in [0, 0.1) is 5.92 Å². The highest BCUT2D eigenvalue weighted by Crippen LogP contribution is 2.35. The van der Waals surface area contributed by atoms with Gasteiger partial charge in [-0.05, 0) is 6.07 Å². The number of aliphatic hydroxyl groups is 1. The predicted molar refractivity (Wildman–Crippen MR) is 81.7 cm³/mol. The van der Waals surface area contributed by atoms with E-state index in [1.807, 2.05) is 13.0 Å². The molecule has 4 nitrogen and oxygen atoms in total. The molecule has 0 saturated carbocycles. The molecule has 1 rings (SSSR count). The average Bonchev–Trinajstić information content (AvgIpc) is 2.42. The molecule has 0 aliphatic rings. The SMILES string of the molecule is COc1cc(Cl)cc(CNC(C)C)c1OCC(C)CO. The van der Waals surface area contributed by atoms with Gasteiger partial charge in [0.1, 0.15) is 0 Å². The summed E-state index contributed by atoms with van der Waals surface area (Å²) in [5.74, 6) is 1.37. The van der Waals surface area contributed by atoms with Crippen molar-refractivity contribution in [1.82, 2.24) is 5.32 Å². The first-order valence-corrected chi connectivity index (χ1v) is 7.19. The number of benzene rings is 1. The fraction of sp³-hybridized carbons (Fsp3) is 0.600. The van der Waals surface area contributed by atoms with Crippen LogP contribution in [0.2, 0.25) is 5.02 Å². The van der Waals surface area contributed by atoms with Crippen LogP contribution in [0.25, 0.3) is 0 Å². The molecule has 0 heterocycles. The number of rotatable bonds is 8. The van der Waals surface area contributed by atoms with Crippen molar-refractivity contribution in [3.05, 3.63) is 22.7 Å². The lowest BCUT2D eigenvalue weighted by Crippen LogP contribution is -2.22. The lowest BCUT2D eigenvalue weighted by atomic mass is 10.1. The highest BCUT2D eigenvalue weighted by molar-refractivity contribution is 6.30. The minimum Gasteiger partial charge on any atom is -0.493 e. The van der Waals surface area contributed by atoms with Gasteiger partial charge in [-0.1, -0.05) is 32.4 Å². The van der Waals surface area contributed by atoms with Crippen LogP contribution in [0.5, 0.6) is 11.5 Å². The third kappa shape index (κ3) is 5.19. The molecular formula is C15H24ClNO3. The van der Waals surface area contributed by atoms with E-state index in [0.29, 0.717) is 35.7 Å². The van der Waals surface area contributed by atoms with E-state index in [-0.39, 0.29) is 12.5 Å². The van der Waals surface area contributed by atoms with E-state index in [2.05, 4.69) is 19.2 Å². The first-order chi connectivity index (χ1) is 9.47. The van der Waals surface area contributed by atoms with Crippen LogP contribution in [0.3, 0.4) is 0 Å². The first kappa shape index (κ1) is 17.1. The Balaban J connectivity index is 2.96. The maximum absolute atomic E-state index is 9.08. The van der Waals surface area contributed by atoms with Gasteiger partial charge in [0.25, 0.3) is 0 Å². The number of halogens is 1. The number of hydrogen-bond donors (Lipinski definition) is 2. The van der Waals surface area contributed by atoms with E-state index in [0.717, 1.165) is 5.56 Å². The normalized spacial score (nSPS) is 12.6. The Labute approximate surface area is 126 Å². The van der Waals surface area contributed by atoms with Crippen LogP contribution in [-0.4, -0.2) is 31.5 Å². The number of nitrogens with one attached hydrogen (secondary N) is 1. The molecule has 0 amide bonds. The van der Waals surface area contributed by atoms with Crippen molar-refractivity contribution in [3.63, 3.8) is 0 Å². The zero-order valence-corrected chi connectivity index (χ0v) is 13.3. The van der Waals surface area contributed by atoms with E-state index in [9.17, 15) is 0 Å². The molecule has 20 heavy (non-hydrogen) atoms. The second kappa shape index (κ2) is 8.35. The zero-order chi connectivity index (χ0) is 15.1. The summed E-state index contributed by atoms with van der Waals surface area (Å²) in [5.41, 5.74) is 0.952. The van der Waals surface area contributed by atoms with Crippen molar-refractivity contribution < 1.29 is 14.6 Å². The molecule has 0 saturated heterocycles. The molecule has 114 valence electrons. The molecule has 1 atom stereocenters. The number of hydrogen-bond acceptors (Lipinski definition) is 4. The lowest BCUT2D eigenvalue weighted by molar-refractivity contribution is 0.170. The second-order valence-corrected chi connectivity index (χ2v) is 5.67. The third-order valence-electron chi connectivity index (χ3n) is 2.84. The van der Waals surface area contributed by atoms with Crippen molar-refractivity contribution in [3.8, 4) is 11.5 Å². The molecule has 5 heteroatoms. The van der Waals surface area contributed by atoms with E-state index < -0.39 is 0 Å². The van der Waals surface area contributed by atoms with Gasteiger partial charge < -0.3 is 19.9 Å². The van der Waals surface area contributed by atoms with Gasteiger partial charge in [0.2, 0.25) is 0 Å². The first-order valence-electron chi connectivity index (χ1n) is 6.81. The molecule has 0 aromatic heterocycles. The lowest BCUT2D eigenvalue weighted by Gasteiger charge is -2.18. The Kier molecular flexibility index (Phi) is 7.13. The van der Waals surface area contributed by atoms with Gasteiger partial charge in [-0.2, -0.15) is 0 Å². The van der Waals surface area contributed by atoms with Gasteiger partial charge >= 0.3 is 0 Å². The zero-order valence-electron chi connectivity index (χ0n) is 12.6. The summed E-state index contributed by atoms with van der Waals surface area (Å²) >= 11 is 6.10. The van der Waals surface area contributed by atoms with Crippen molar-refractivity contribution >= 4 is 11.6 Å². The van der Waals surface area contributed by atoms with Crippen LogP contribution in [0.4, 0.5) is 0 Å². The Hall–Kier alpha value is -0.970. The van der Waals surface area contributed by atoms with E-state index in [1.54, 1.807) is 13.2 Å². The van der Waals surface area contributed by atoms with Crippen LogP contribution >= 0.6 is 11.6 Å². The Morgan fingerprint density at radius 2 is 2.00 bits per heavy atom. The molecule has 0 radical (unpaired) electrons. The minimum atomic E-state index is 0.0706. The van der Waals surface area contributed by atoms with Crippen LogP contribution in [0.15, 0.2) is 12.1 Å². The molecule has 1 unspecified atom stereocenters. The molecule has 0 fully saturated rings. The highest BCUT2D eigenvalue weighted by atomic mass is 35.5. The van der Waals surface area contributed by atoms with E-state index in [4.69, 9.17) is 26.2 Å². The number of methoxy groups -OCH3 is 1. The molecule has 0 aliphatic carbocycles. The Morgan fingerprint density at radius 1 is 1.30 bits per heavy atom. The van der Waals surface area contributed by atoms with Gasteiger partial charge in [0, 0.05) is 41.8 Å². The van der Waals surface area contributed by atoms with Gasteiger partial charge in [0.15, 0.2) is 11.5 Å². The maximum Gasteiger partial charge on any atom is 0.165 e. The standard InChI is InChI=1S/C15H24ClNO3/c1-10(2)17-7-12-5-13(16)6-14(19-4)15(12)20-9-11(3)8-18/h5-6,10-11,17-18H,7-9H2,1-4H3. The predicted octanol–water partition coefficient (Wildman–Crippen LogP) is 2.85. The van der Waals surface area contributed by atoms with Crippen molar-refractivity contribution in [2.45, 2.75) is 33.4 Å². The fourth-order valence-corrected chi connectivity index (χ4v) is 1.89. The molecular weight excluding hydrogens is 278 g/mol. The summed E-state index contributed by atoms with van der Waals surface area (Å²) in [6, 6.07) is 3.97. The van der Waals surface area contributed by atoms with Gasteiger partial charge in [-0.15, -0.1) is 0 Å². The molecule has 1 aromatic carbocycles. The monoisotopic (exact) mass is 301 g/mol. The summed E-state index contributed by atoms with van der Waals surface area (Å²) in [4.78, 5) is 0. The van der Waals surface area contributed by atoms with E-state index >= 15 is 0 Å². The third-order valence-corrected chi connectivity index (χ3v) is 3.06. The van der Waals surface area contributed by atoms with Crippen LogP contribution in [0.1, 0.15) is 26.3 Å². The Bertz CT molecular complexity index is 424. The summed E-state index contributed by atoms with van der Waals surface area (Å²) in [6.45, 7) is 7.26. The Morgan fingerprint density at radius 3 is 2.55 bits per heavy atom. The molecule has 0 spiro atoms. The molecule has 2 N–H and O–H groups in total. The fourth-order valence-electron chi connectivity index (χ4n) is 1.66. The summed E-state index contributed by atoms with van der Waals surface area (Å²) < 4.78 is 11.2. The van der Waals surface area contributed by atoms with Gasteiger partial charge in [-0.3, -0.25) is 0 Å². The summed E-state index contributed by atoms with van der Waals surface area (Å²) in [5, 5.41) is 13.0. The second-order valence-electron chi connectivity index (χ2n) is 5.23. The average molecular weight is 302 g/mol. The largest absolute Gasteiger partial charge is 0.493 e. The summed E-state index contributed by atoms with van der Waals surface area (Å²) in [7, 11) is 1.59. The van der Waals surface area contributed by atoms with Gasteiger partial charge in [-0.25, -0.2) is 0 Å². The minimum absolute atomic E-state index is 0.0706. The summed E-state index contributed by atoms with van der Waals surface area (Å²) in [6.07, 6.45) is 0. The smallest absolute Gasteiger partial charge is 0.165 e. The quantitative estimate of drug-likeness (QED) is 0.775. The highest BCUT2D eigenvalue weighted by Gasteiger charge is 2.14. The number of aliphatic hydroxyl groups excluding tert-OH is 1. The van der Waals surface area contributed by atoms with Crippen LogP contribution < -0.4 is 14.8 Å². The van der Waals surface area contributed by atoms with Crippen molar-refractivity contribution in [1.29, 1.82) is 0 Å². The molecule has 1 aromatic rings. The topological polar surface area (TPSA) is 50.7 Å². The molecule has 0 aliphatic heterocycles. The number of ether oxygens (including phenoxy) is 2.